The first-order chi connectivity index (χ1) is 14.4. The van der Waals surface area contributed by atoms with Gasteiger partial charge in [0.1, 0.15) is 5.75 Å². The summed E-state index contributed by atoms with van der Waals surface area (Å²) in [4.78, 5) is 17.0. The predicted octanol–water partition coefficient (Wildman–Crippen LogP) is 2.73. The maximum absolute atomic E-state index is 12.9. The third-order valence-electron chi connectivity index (χ3n) is 5.37. The van der Waals surface area contributed by atoms with Crippen LogP contribution in [0.4, 0.5) is 5.69 Å². The van der Waals surface area contributed by atoms with Crippen molar-refractivity contribution in [3.63, 3.8) is 0 Å². The number of nitrogens with zero attached hydrogens (tertiary/aromatic N) is 2. The number of para-hydroxylation sites is 2. The zero-order valence-electron chi connectivity index (χ0n) is 17.7. The maximum atomic E-state index is 12.9. The van der Waals surface area contributed by atoms with Gasteiger partial charge in [-0.3, -0.25) is 4.79 Å². The molecule has 1 saturated heterocycles. The highest BCUT2D eigenvalue weighted by atomic mass is 32.2. The number of sulfonamides is 1. The second-order valence-corrected chi connectivity index (χ2v) is 9.12. The fraction of sp³-hybridized carbons (Fsp3) is 0.409. The Morgan fingerprint density at radius 1 is 1.07 bits per heavy atom. The third-order valence-corrected chi connectivity index (χ3v) is 6.98. The number of nitrogens with one attached hydrogen (secondary N) is 1. The average Bonchev–Trinajstić information content (AvgIpc) is 2.78. The molecule has 0 aliphatic carbocycles. The molecule has 0 bridgehead atoms. The van der Waals surface area contributed by atoms with Gasteiger partial charge in [-0.15, -0.1) is 0 Å². The smallest absolute Gasteiger partial charge is 0.253 e. The molecule has 2 aromatic rings. The Kier molecular flexibility index (Phi) is 6.99. The Hall–Kier alpha value is -2.58. The van der Waals surface area contributed by atoms with Gasteiger partial charge in [-0.25, -0.2) is 13.1 Å². The van der Waals surface area contributed by atoms with Crippen LogP contribution in [0, 0.1) is 0 Å². The van der Waals surface area contributed by atoms with Crippen molar-refractivity contribution in [2.24, 2.45) is 0 Å². The van der Waals surface area contributed by atoms with E-state index in [0.29, 0.717) is 38.2 Å². The number of methoxy groups -OCH3 is 1. The Bertz CT molecular complexity index is 968. The van der Waals surface area contributed by atoms with E-state index in [2.05, 4.69) is 9.62 Å². The van der Waals surface area contributed by atoms with E-state index in [9.17, 15) is 13.2 Å². The summed E-state index contributed by atoms with van der Waals surface area (Å²) in [5.41, 5.74) is 1.51. The molecule has 2 aromatic carbocycles. The normalized spacial score (nSPS) is 15.7. The molecule has 1 amide bonds. The van der Waals surface area contributed by atoms with E-state index >= 15 is 0 Å². The Balaban J connectivity index is 1.64. The van der Waals surface area contributed by atoms with E-state index in [4.69, 9.17) is 4.74 Å². The van der Waals surface area contributed by atoms with Gasteiger partial charge < -0.3 is 14.5 Å². The highest BCUT2D eigenvalue weighted by Gasteiger charge is 2.24. The van der Waals surface area contributed by atoms with Crippen LogP contribution in [0.15, 0.2) is 53.4 Å². The van der Waals surface area contributed by atoms with E-state index in [0.717, 1.165) is 11.4 Å². The zero-order valence-corrected chi connectivity index (χ0v) is 18.5. The molecule has 0 radical (unpaired) electrons. The molecule has 7 nitrogen and oxygen atoms in total. The van der Waals surface area contributed by atoms with Gasteiger partial charge in [-0.05, 0) is 49.7 Å². The van der Waals surface area contributed by atoms with Gasteiger partial charge in [-0.1, -0.05) is 19.1 Å². The minimum atomic E-state index is -3.58. The largest absolute Gasteiger partial charge is 0.495 e. The van der Waals surface area contributed by atoms with Crippen molar-refractivity contribution in [1.82, 2.24) is 9.62 Å². The van der Waals surface area contributed by atoms with Crippen molar-refractivity contribution in [2.75, 3.05) is 38.2 Å². The Morgan fingerprint density at radius 3 is 2.30 bits per heavy atom. The number of ether oxygens (including phenoxy) is 1. The molecule has 1 fully saturated rings. The van der Waals surface area contributed by atoms with Gasteiger partial charge in [0.15, 0.2) is 0 Å². The fourth-order valence-electron chi connectivity index (χ4n) is 3.42. The first kappa shape index (κ1) is 22.1. The molecule has 1 N–H and O–H groups in total. The standard InChI is InChI=1S/C22H29N3O4S/c1-4-17(2)23-30(27,28)19-11-9-18(10-12-19)22(26)25-15-13-24(14-16-25)20-7-5-6-8-21(20)29-3/h5-12,17,23H,4,13-16H2,1-3H3. The second kappa shape index (κ2) is 9.49. The van der Waals surface area contributed by atoms with Crippen LogP contribution in [0.2, 0.25) is 0 Å². The minimum Gasteiger partial charge on any atom is -0.495 e. The minimum absolute atomic E-state index is 0.0893. The van der Waals surface area contributed by atoms with E-state index in [1.807, 2.05) is 38.1 Å². The van der Waals surface area contributed by atoms with Crippen LogP contribution in [-0.4, -0.2) is 58.6 Å². The SMILES string of the molecule is CCC(C)NS(=O)(=O)c1ccc(C(=O)N2CCN(c3ccccc3OC)CC2)cc1. The second-order valence-electron chi connectivity index (χ2n) is 7.41. The lowest BCUT2D eigenvalue weighted by molar-refractivity contribution is 0.0746. The molecule has 1 unspecified atom stereocenters. The van der Waals surface area contributed by atoms with E-state index < -0.39 is 10.0 Å². The van der Waals surface area contributed by atoms with Gasteiger partial charge in [-0.2, -0.15) is 0 Å². The summed E-state index contributed by atoms with van der Waals surface area (Å²) in [5, 5.41) is 0. The molecular formula is C22H29N3O4S. The van der Waals surface area contributed by atoms with Crippen LogP contribution >= 0.6 is 0 Å². The number of hydrogen-bond acceptors (Lipinski definition) is 5. The highest BCUT2D eigenvalue weighted by molar-refractivity contribution is 7.89. The van der Waals surface area contributed by atoms with Crippen LogP contribution in [0.3, 0.4) is 0 Å². The molecule has 1 heterocycles. The van der Waals surface area contributed by atoms with Crippen molar-refractivity contribution in [3.05, 3.63) is 54.1 Å². The molecule has 0 spiro atoms. The maximum Gasteiger partial charge on any atom is 0.253 e. The van der Waals surface area contributed by atoms with Gasteiger partial charge in [0.05, 0.1) is 17.7 Å². The van der Waals surface area contributed by atoms with Crippen molar-refractivity contribution in [2.45, 2.75) is 31.2 Å². The molecule has 3 rings (SSSR count). The molecule has 1 aliphatic rings. The number of benzene rings is 2. The van der Waals surface area contributed by atoms with Gasteiger partial charge in [0, 0.05) is 37.8 Å². The number of carbonyl (C=O) groups is 1. The summed E-state index contributed by atoms with van der Waals surface area (Å²) in [5.74, 6) is 0.730. The molecule has 0 aromatic heterocycles. The molecule has 30 heavy (non-hydrogen) atoms. The number of hydrogen-bond donors (Lipinski definition) is 1. The first-order valence-corrected chi connectivity index (χ1v) is 11.6. The monoisotopic (exact) mass is 431 g/mol. The average molecular weight is 432 g/mol. The number of rotatable bonds is 7. The molecule has 162 valence electrons. The summed E-state index contributed by atoms with van der Waals surface area (Å²) < 4.78 is 32.8. The fourth-order valence-corrected chi connectivity index (χ4v) is 4.74. The number of amides is 1. The van der Waals surface area contributed by atoms with E-state index in [1.165, 1.54) is 12.1 Å². The van der Waals surface area contributed by atoms with Crippen molar-refractivity contribution < 1.29 is 17.9 Å². The molecule has 8 heteroatoms. The van der Waals surface area contributed by atoms with Crippen LogP contribution < -0.4 is 14.4 Å². The summed E-state index contributed by atoms with van der Waals surface area (Å²) >= 11 is 0. The van der Waals surface area contributed by atoms with Crippen molar-refractivity contribution >= 4 is 21.6 Å². The van der Waals surface area contributed by atoms with Gasteiger partial charge in [0.25, 0.3) is 5.91 Å². The topological polar surface area (TPSA) is 79.0 Å². The highest BCUT2D eigenvalue weighted by Crippen LogP contribution is 2.28. The van der Waals surface area contributed by atoms with Crippen LogP contribution in [0.1, 0.15) is 30.6 Å². The molecular weight excluding hydrogens is 402 g/mol. The van der Waals surface area contributed by atoms with Crippen LogP contribution in [0.5, 0.6) is 5.75 Å². The predicted molar refractivity (Wildman–Crippen MR) is 118 cm³/mol. The lowest BCUT2D eigenvalue weighted by Crippen LogP contribution is -2.48. The molecule has 1 atom stereocenters. The van der Waals surface area contributed by atoms with Crippen LogP contribution in [0.25, 0.3) is 0 Å². The zero-order chi connectivity index (χ0) is 21.7. The van der Waals surface area contributed by atoms with Crippen LogP contribution in [-0.2, 0) is 10.0 Å². The van der Waals surface area contributed by atoms with E-state index in [-0.39, 0.29) is 16.8 Å². The quantitative estimate of drug-likeness (QED) is 0.729. The third kappa shape index (κ3) is 4.94. The summed E-state index contributed by atoms with van der Waals surface area (Å²) in [6.45, 7) is 6.33. The summed E-state index contributed by atoms with van der Waals surface area (Å²) in [6, 6.07) is 13.9. The number of piperazine rings is 1. The lowest BCUT2D eigenvalue weighted by Gasteiger charge is -2.36. The molecule has 1 aliphatic heterocycles. The lowest BCUT2D eigenvalue weighted by atomic mass is 10.1. The summed E-state index contributed by atoms with van der Waals surface area (Å²) in [7, 11) is -1.92. The number of anilines is 1. The Labute approximate surface area is 178 Å². The van der Waals surface area contributed by atoms with Gasteiger partial charge >= 0.3 is 0 Å². The van der Waals surface area contributed by atoms with E-state index in [1.54, 1.807) is 24.1 Å². The number of carbonyl (C=O) groups excluding carboxylic acids is 1. The Morgan fingerprint density at radius 2 is 1.70 bits per heavy atom. The van der Waals surface area contributed by atoms with Gasteiger partial charge in [0.2, 0.25) is 10.0 Å². The first-order valence-electron chi connectivity index (χ1n) is 10.2. The molecule has 0 saturated carbocycles. The van der Waals surface area contributed by atoms with Crippen molar-refractivity contribution in [1.29, 1.82) is 0 Å². The summed E-state index contributed by atoms with van der Waals surface area (Å²) in [6.07, 6.45) is 0.705. The van der Waals surface area contributed by atoms with Crippen molar-refractivity contribution in [3.8, 4) is 5.75 Å².